The number of hydrogen-bond acceptors (Lipinski definition) is 3. The molecular weight excluding hydrogens is 180 g/mol. The first kappa shape index (κ1) is 11.7. The molecule has 1 fully saturated rings. The van der Waals surface area contributed by atoms with E-state index in [1.54, 1.807) is 0 Å². The largest absolute Gasteiger partial charge is 0.386 e. The van der Waals surface area contributed by atoms with Crippen molar-refractivity contribution in [3.63, 3.8) is 0 Å². The summed E-state index contributed by atoms with van der Waals surface area (Å²) < 4.78 is 11.0. The van der Waals surface area contributed by atoms with E-state index in [0.717, 1.165) is 12.0 Å². The Morgan fingerprint density at radius 2 is 2.29 bits per heavy atom. The zero-order chi connectivity index (χ0) is 10.8. The molecule has 3 heteroatoms. The molecule has 1 aliphatic heterocycles. The van der Waals surface area contributed by atoms with Crippen molar-refractivity contribution in [2.24, 2.45) is 0 Å². The van der Waals surface area contributed by atoms with Gasteiger partial charge < -0.3 is 14.6 Å². The monoisotopic (exact) mass is 200 g/mol. The second-order valence-electron chi connectivity index (χ2n) is 4.17. The van der Waals surface area contributed by atoms with Crippen LogP contribution in [0.5, 0.6) is 0 Å². The lowest BCUT2D eigenvalue weighted by Crippen LogP contribution is -2.31. The molecule has 0 unspecified atom stereocenters. The summed E-state index contributed by atoms with van der Waals surface area (Å²) in [5.74, 6) is -0.557. The molecule has 2 atom stereocenters. The third kappa shape index (κ3) is 2.80. The highest BCUT2D eigenvalue weighted by molar-refractivity contribution is 5.07. The summed E-state index contributed by atoms with van der Waals surface area (Å²) in [6, 6.07) is 0. The van der Waals surface area contributed by atoms with Crippen LogP contribution < -0.4 is 0 Å². The molecule has 1 aliphatic rings. The SMILES string of the molecule is CC/C=C(\C)[C@H](O)[C@H]1COC(C)(C)O1. The smallest absolute Gasteiger partial charge is 0.163 e. The van der Waals surface area contributed by atoms with Gasteiger partial charge in [-0.3, -0.25) is 0 Å². The third-order valence-corrected chi connectivity index (χ3v) is 2.38. The lowest BCUT2D eigenvalue weighted by atomic mass is 10.1. The molecule has 0 amide bonds. The average molecular weight is 200 g/mol. The van der Waals surface area contributed by atoms with Gasteiger partial charge in [-0.15, -0.1) is 0 Å². The number of rotatable bonds is 3. The summed E-state index contributed by atoms with van der Waals surface area (Å²) in [5, 5.41) is 9.91. The van der Waals surface area contributed by atoms with Crippen LogP contribution in [0.2, 0.25) is 0 Å². The highest BCUT2D eigenvalue weighted by atomic mass is 16.7. The van der Waals surface area contributed by atoms with Crippen LogP contribution in [0.1, 0.15) is 34.1 Å². The van der Waals surface area contributed by atoms with Gasteiger partial charge in [0.15, 0.2) is 5.79 Å². The zero-order valence-electron chi connectivity index (χ0n) is 9.41. The Hall–Kier alpha value is -0.380. The highest BCUT2D eigenvalue weighted by Gasteiger charge is 2.37. The molecule has 0 aliphatic carbocycles. The number of ether oxygens (including phenoxy) is 2. The Labute approximate surface area is 85.7 Å². The first-order valence-electron chi connectivity index (χ1n) is 5.13. The fourth-order valence-electron chi connectivity index (χ4n) is 1.61. The van der Waals surface area contributed by atoms with E-state index in [1.165, 1.54) is 0 Å². The standard InChI is InChI=1S/C11H20O3/c1-5-6-8(2)10(12)9-7-13-11(3,4)14-9/h6,9-10,12H,5,7H2,1-4H3/b8-6+/t9-,10+/m1/s1. The molecule has 0 spiro atoms. The van der Waals surface area contributed by atoms with Crippen molar-refractivity contribution < 1.29 is 14.6 Å². The second-order valence-corrected chi connectivity index (χ2v) is 4.17. The minimum absolute atomic E-state index is 0.229. The predicted octanol–water partition coefficient (Wildman–Crippen LogP) is 1.86. The number of allylic oxidation sites excluding steroid dienone is 1. The van der Waals surface area contributed by atoms with Crippen LogP contribution in [0.3, 0.4) is 0 Å². The van der Waals surface area contributed by atoms with Crippen molar-refractivity contribution in [3.05, 3.63) is 11.6 Å². The Kier molecular flexibility index (Phi) is 3.70. The summed E-state index contributed by atoms with van der Waals surface area (Å²) in [4.78, 5) is 0. The normalized spacial score (nSPS) is 29.2. The maximum Gasteiger partial charge on any atom is 0.163 e. The van der Waals surface area contributed by atoms with E-state index in [1.807, 2.05) is 33.8 Å². The maximum absolute atomic E-state index is 9.91. The van der Waals surface area contributed by atoms with E-state index in [-0.39, 0.29) is 6.10 Å². The molecule has 82 valence electrons. The molecule has 0 radical (unpaired) electrons. The fourth-order valence-corrected chi connectivity index (χ4v) is 1.61. The van der Waals surface area contributed by atoms with E-state index in [0.29, 0.717) is 6.61 Å². The van der Waals surface area contributed by atoms with Crippen LogP contribution in [0.15, 0.2) is 11.6 Å². The molecule has 0 aromatic heterocycles. The Balaban J connectivity index is 2.55. The molecule has 1 saturated heterocycles. The quantitative estimate of drug-likeness (QED) is 0.707. The minimum atomic E-state index is -0.557. The number of aliphatic hydroxyl groups is 1. The molecule has 0 saturated carbocycles. The molecule has 3 nitrogen and oxygen atoms in total. The number of aliphatic hydroxyl groups excluding tert-OH is 1. The van der Waals surface area contributed by atoms with Crippen LogP contribution in [-0.2, 0) is 9.47 Å². The van der Waals surface area contributed by atoms with E-state index in [2.05, 4.69) is 0 Å². The van der Waals surface area contributed by atoms with Gasteiger partial charge in [-0.2, -0.15) is 0 Å². The predicted molar refractivity (Wildman–Crippen MR) is 55.0 cm³/mol. The Morgan fingerprint density at radius 1 is 1.64 bits per heavy atom. The van der Waals surface area contributed by atoms with Crippen molar-refractivity contribution >= 4 is 0 Å². The van der Waals surface area contributed by atoms with Crippen LogP contribution >= 0.6 is 0 Å². The molecule has 1 N–H and O–H groups in total. The van der Waals surface area contributed by atoms with Crippen LogP contribution in [-0.4, -0.2) is 29.7 Å². The number of hydrogen-bond donors (Lipinski definition) is 1. The van der Waals surface area contributed by atoms with Gasteiger partial charge in [0.1, 0.15) is 12.2 Å². The van der Waals surface area contributed by atoms with Gasteiger partial charge in [0.05, 0.1) is 6.61 Å². The average Bonchev–Trinajstić information content (AvgIpc) is 2.45. The topological polar surface area (TPSA) is 38.7 Å². The maximum atomic E-state index is 9.91. The molecule has 1 heterocycles. The minimum Gasteiger partial charge on any atom is -0.386 e. The van der Waals surface area contributed by atoms with Gasteiger partial charge >= 0.3 is 0 Å². The molecule has 0 aromatic carbocycles. The molecule has 1 rings (SSSR count). The second kappa shape index (κ2) is 4.43. The Morgan fingerprint density at radius 3 is 2.71 bits per heavy atom. The van der Waals surface area contributed by atoms with Gasteiger partial charge in [-0.05, 0) is 32.8 Å². The summed E-state index contributed by atoms with van der Waals surface area (Å²) in [6.45, 7) is 8.15. The fraction of sp³-hybridized carbons (Fsp3) is 0.818. The van der Waals surface area contributed by atoms with Gasteiger partial charge in [0.2, 0.25) is 0 Å². The Bertz CT molecular complexity index is 221. The summed E-state index contributed by atoms with van der Waals surface area (Å²) in [5.41, 5.74) is 0.957. The third-order valence-electron chi connectivity index (χ3n) is 2.38. The first-order valence-corrected chi connectivity index (χ1v) is 5.13. The zero-order valence-corrected chi connectivity index (χ0v) is 9.41. The van der Waals surface area contributed by atoms with Crippen LogP contribution in [0.4, 0.5) is 0 Å². The molecule has 0 bridgehead atoms. The van der Waals surface area contributed by atoms with E-state index >= 15 is 0 Å². The van der Waals surface area contributed by atoms with E-state index < -0.39 is 11.9 Å². The highest BCUT2D eigenvalue weighted by Crippen LogP contribution is 2.26. The van der Waals surface area contributed by atoms with Crippen molar-refractivity contribution in [3.8, 4) is 0 Å². The van der Waals surface area contributed by atoms with Crippen molar-refractivity contribution in [2.75, 3.05) is 6.61 Å². The molecule has 14 heavy (non-hydrogen) atoms. The summed E-state index contributed by atoms with van der Waals surface area (Å²) >= 11 is 0. The van der Waals surface area contributed by atoms with E-state index in [9.17, 15) is 5.11 Å². The van der Waals surface area contributed by atoms with Crippen molar-refractivity contribution in [1.82, 2.24) is 0 Å². The molecular formula is C11H20O3. The lowest BCUT2D eigenvalue weighted by Gasteiger charge is -2.20. The molecule has 0 aromatic rings. The van der Waals surface area contributed by atoms with Gasteiger partial charge in [-0.1, -0.05) is 13.0 Å². The van der Waals surface area contributed by atoms with Crippen molar-refractivity contribution in [2.45, 2.75) is 52.1 Å². The van der Waals surface area contributed by atoms with Crippen LogP contribution in [0, 0.1) is 0 Å². The first-order chi connectivity index (χ1) is 6.46. The van der Waals surface area contributed by atoms with Gasteiger partial charge in [0, 0.05) is 0 Å². The summed E-state index contributed by atoms with van der Waals surface area (Å²) in [7, 11) is 0. The van der Waals surface area contributed by atoms with Crippen molar-refractivity contribution in [1.29, 1.82) is 0 Å². The van der Waals surface area contributed by atoms with Crippen LogP contribution in [0.25, 0.3) is 0 Å². The summed E-state index contributed by atoms with van der Waals surface area (Å²) in [6.07, 6.45) is 2.17. The lowest BCUT2D eigenvalue weighted by molar-refractivity contribution is -0.148. The van der Waals surface area contributed by atoms with E-state index in [4.69, 9.17) is 9.47 Å². The van der Waals surface area contributed by atoms with Gasteiger partial charge in [0.25, 0.3) is 0 Å². The van der Waals surface area contributed by atoms with Gasteiger partial charge in [-0.25, -0.2) is 0 Å².